The molecule has 5 heteroatoms. The number of methoxy groups -OCH3 is 1. The first kappa shape index (κ1) is 15.2. The first-order valence-electron chi connectivity index (χ1n) is 7.51. The van der Waals surface area contributed by atoms with Crippen LogP contribution >= 0.6 is 0 Å². The molecule has 0 unspecified atom stereocenters. The minimum Gasteiger partial charge on any atom is -0.383 e. The summed E-state index contributed by atoms with van der Waals surface area (Å²) >= 11 is 0. The molecule has 1 heterocycles. The van der Waals surface area contributed by atoms with Gasteiger partial charge in [0.25, 0.3) is 0 Å². The summed E-state index contributed by atoms with van der Waals surface area (Å²) in [5.74, 6) is 1.65. The highest BCUT2D eigenvalue weighted by molar-refractivity contribution is 5.28. The van der Waals surface area contributed by atoms with Gasteiger partial charge in [0.1, 0.15) is 0 Å². The van der Waals surface area contributed by atoms with Crippen molar-refractivity contribution >= 4 is 5.95 Å². The number of hydrogen-bond donors (Lipinski definition) is 1. The monoisotopic (exact) mass is 278 g/mol. The molecule has 112 valence electrons. The molecule has 2 rings (SSSR count). The van der Waals surface area contributed by atoms with Gasteiger partial charge in [0.05, 0.1) is 6.61 Å². The third kappa shape index (κ3) is 4.72. The zero-order valence-electron chi connectivity index (χ0n) is 12.6. The molecule has 1 aliphatic carbocycles. The van der Waals surface area contributed by atoms with Crippen molar-refractivity contribution in [1.29, 1.82) is 0 Å². The molecule has 1 N–H and O–H groups in total. The Hall–Kier alpha value is -1.20. The lowest BCUT2D eigenvalue weighted by atomic mass is 10.1. The Kier molecular flexibility index (Phi) is 6.21. The van der Waals surface area contributed by atoms with Crippen LogP contribution in [0.2, 0.25) is 0 Å². The summed E-state index contributed by atoms with van der Waals surface area (Å²) in [6.07, 6.45) is 9.29. The Bertz CT molecular complexity index is 376. The van der Waals surface area contributed by atoms with Gasteiger partial charge < -0.3 is 15.0 Å². The molecule has 1 aliphatic rings. The van der Waals surface area contributed by atoms with Gasteiger partial charge in [0, 0.05) is 51.7 Å². The fraction of sp³-hybridized carbons (Fsp3) is 0.733. The number of nitrogens with one attached hydrogen (secondary N) is 1. The van der Waals surface area contributed by atoms with Crippen molar-refractivity contribution in [1.82, 2.24) is 15.3 Å². The summed E-state index contributed by atoms with van der Waals surface area (Å²) < 4.78 is 4.99. The van der Waals surface area contributed by atoms with Gasteiger partial charge in [-0.15, -0.1) is 0 Å². The van der Waals surface area contributed by atoms with Crippen molar-refractivity contribution in [2.75, 3.05) is 38.8 Å². The van der Waals surface area contributed by atoms with Gasteiger partial charge in [-0.25, -0.2) is 9.97 Å². The predicted molar refractivity (Wildman–Crippen MR) is 80.8 cm³/mol. The highest BCUT2D eigenvalue weighted by atomic mass is 16.5. The summed E-state index contributed by atoms with van der Waals surface area (Å²) in [5.41, 5.74) is 1.11. The van der Waals surface area contributed by atoms with E-state index in [4.69, 9.17) is 4.74 Å². The lowest BCUT2D eigenvalue weighted by Gasteiger charge is -2.20. The van der Waals surface area contributed by atoms with Gasteiger partial charge in [-0.3, -0.25) is 0 Å². The largest absolute Gasteiger partial charge is 0.383 e. The van der Waals surface area contributed by atoms with Crippen molar-refractivity contribution in [3.63, 3.8) is 0 Å². The molecule has 0 aliphatic heterocycles. The predicted octanol–water partition coefficient (Wildman–Crippen LogP) is 1.84. The van der Waals surface area contributed by atoms with Crippen molar-refractivity contribution in [2.24, 2.45) is 5.92 Å². The molecule has 0 atom stereocenters. The summed E-state index contributed by atoms with van der Waals surface area (Å²) in [7, 11) is 3.80. The van der Waals surface area contributed by atoms with Crippen molar-refractivity contribution in [3.05, 3.63) is 18.0 Å². The second kappa shape index (κ2) is 8.17. The van der Waals surface area contributed by atoms with Gasteiger partial charge in [-0.2, -0.15) is 0 Å². The standard InChI is InChI=1S/C15H26N4O/c1-19(12-13-5-3-4-6-13)15-17-10-14(11-18-15)9-16-7-8-20-2/h10-11,13,16H,3-9,12H2,1-2H3. The summed E-state index contributed by atoms with van der Waals surface area (Å²) in [6, 6.07) is 0. The van der Waals surface area contributed by atoms with Crippen molar-refractivity contribution in [2.45, 2.75) is 32.2 Å². The second-order valence-corrected chi connectivity index (χ2v) is 5.59. The lowest BCUT2D eigenvalue weighted by molar-refractivity contribution is 0.199. The number of hydrogen-bond acceptors (Lipinski definition) is 5. The number of aromatic nitrogens is 2. The third-order valence-corrected chi connectivity index (χ3v) is 3.85. The first-order chi connectivity index (χ1) is 9.79. The molecule has 0 saturated heterocycles. The van der Waals surface area contributed by atoms with Crippen LogP contribution in [0.15, 0.2) is 12.4 Å². The number of anilines is 1. The highest BCUT2D eigenvalue weighted by Crippen LogP contribution is 2.25. The summed E-state index contributed by atoms with van der Waals surface area (Å²) in [5, 5.41) is 3.29. The quantitative estimate of drug-likeness (QED) is 0.735. The van der Waals surface area contributed by atoms with E-state index in [2.05, 4.69) is 27.2 Å². The van der Waals surface area contributed by atoms with E-state index in [-0.39, 0.29) is 0 Å². The minimum absolute atomic E-state index is 0.725. The zero-order valence-corrected chi connectivity index (χ0v) is 12.6. The zero-order chi connectivity index (χ0) is 14.2. The van der Waals surface area contributed by atoms with E-state index in [1.807, 2.05) is 12.4 Å². The maximum Gasteiger partial charge on any atom is 0.225 e. The van der Waals surface area contributed by atoms with Gasteiger partial charge >= 0.3 is 0 Å². The Balaban J connectivity index is 1.77. The van der Waals surface area contributed by atoms with E-state index in [0.29, 0.717) is 0 Å². The molecule has 1 aromatic rings. The van der Waals surface area contributed by atoms with E-state index in [9.17, 15) is 0 Å². The number of nitrogens with zero attached hydrogens (tertiary/aromatic N) is 3. The van der Waals surface area contributed by atoms with Gasteiger partial charge in [-0.1, -0.05) is 12.8 Å². The van der Waals surface area contributed by atoms with Gasteiger partial charge in [-0.05, 0) is 18.8 Å². The van der Waals surface area contributed by atoms with E-state index in [1.165, 1.54) is 25.7 Å². The first-order valence-corrected chi connectivity index (χ1v) is 7.51. The SMILES string of the molecule is COCCNCc1cnc(N(C)CC2CCCC2)nc1. The molecule has 0 bridgehead atoms. The van der Waals surface area contributed by atoms with Crippen LogP contribution in [0.1, 0.15) is 31.2 Å². The van der Waals surface area contributed by atoms with Crippen LogP contribution < -0.4 is 10.2 Å². The molecule has 0 radical (unpaired) electrons. The van der Waals surface area contributed by atoms with Crippen molar-refractivity contribution in [3.8, 4) is 0 Å². The Morgan fingerprint density at radius 1 is 1.30 bits per heavy atom. The molecule has 0 aromatic carbocycles. The van der Waals surface area contributed by atoms with E-state index >= 15 is 0 Å². The van der Waals surface area contributed by atoms with Gasteiger partial charge in [0.15, 0.2) is 0 Å². The molecule has 1 fully saturated rings. The molecule has 20 heavy (non-hydrogen) atoms. The Morgan fingerprint density at radius 2 is 2.00 bits per heavy atom. The maximum absolute atomic E-state index is 4.99. The Labute approximate surface area is 121 Å². The van der Waals surface area contributed by atoms with E-state index in [0.717, 1.165) is 43.7 Å². The molecule has 0 amide bonds. The van der Waals surface area contributed by atoms with E-state index in [1.54, 1.807) is 7.11 Å². The smallest absolute Gasteiger partial charge is 0.225 e. The Morgan fingerprint density at radius 3 is 2.65 bits per heavy atom. The normalized spacial score (nSPS) is 15.7. The third-order valence-electron chi connectivity index (χ3n) is 3.85. The molecule has 1 aromatic heterocycles. The van der Waals surface area contributed by atoms with Crippen LogP contribution in [0.5, 0.6) is 0 Å². The van der Waals surface area contributed by atoms with Crippen LogP contribution in [-0.4, -0.2) is 43.8 Å². The second-order valence-electron chi connectivity index (χ2n) is 5.59. The van der Waals surface area contributed by atoms with Crippen LogP contribution in [0, 0.1) is 5.92 Å². The number of ether oxygens (including phenoxy) is 1. The molecule has 1 saturated carbocycles. The minimum atomic E-state index is 0.725. The highest BCUT2D eigenvalue weighted by Gasteiger charge is 2.17. The van der Waals surface area contributed by atoms with Gasteiger partial charge in [0.2, 0.25) is 5.95 Å². The van der Waals surface area contributed by atoms with Crippen LogP contribution in [0.4, 0.5) is 5.95 Å². The lowest BCUT2D eigenvalue weighted by Crippen LogP contribution is -2.26. The van der Waals surface area contributed by atoms with Crippen LogP contribution in [-0.2, 0) is 11.3 Å². The fourth-order valence-corrected chi connectivity index (χ4v) is 2.71. The topological polar surface area (TPSA) is 50.3 Å². The van der Waals surface area contributed by atoms with E-state index < -0.39 is 0 Å². The number of rotatable bonds is 8. The molecular weight excluding hydrogens is 252 g/mol. The average Bonchev–Trinajstić information content (AvgIpc) is 2.97. The van der Waals surface area contributed by atoms with Crippen molar-refractivity contribution < 1.29 is 4.74 Å². The molecule has 5 nitrogen and oxygen atoms in total. The molecular formula is C15H26N4O. The van der Waals surface area contributed by atoms with Crippen LogP contribution in [0.3, 0.4) is 0 Å². The fourth-order valence-electron chi connectivity index (χ4n) is 2.71. The summed E-state index contributed by atoms with van der Waals surface area (Å²) in [4.78, 5) is 11.1. The maximum atomic E-state index is 4.99. The van der Waals surface area contributed by atoms with Crippen LogP contribution in [0.25, 0.3) is 0 Å². The molecule has 0 spiro atoms. The summed E-state index contributed by atoms with van der Waals surface area (Å²) in [6.45, 7) is 3.43. The average molecular weight is 278 g/mol.